The number of aromatic nitrogens is 1. The van der Waals surface area contributed by atoms with Gasteiger partial charge in [-0.1, -0.05) is 35.9 Å². The third kappa shape index (κ3) is 3.26. The van der Waals surface area contributed by atoms with E-state index in [2.05, 4.69) is 9.17 Å². The molecule has 0 aliphatic heterocycles. The summed E-state index contributed by atoms with van der Waals surface area (Å²) in [5, 5.41) is 2.01. The molecule has 0 aliphatic rings. The van der Waals surface area contributed by atoms with Gasteiger partial charge in [-0.25, -0.2) is 4.98 Å². The summed E-state index contributed by atoms with van der Waals surface area (Å²) in [6, 6.07) is 10.5. The predicted octanol–water partition coefficient (Wildman–Crippen LogP) is 5.40. The molecule has 0 saturated heterocycles. The number of alkyl halides is 3. The molecule has 32 heavy (non-hydrogen) atoms. The van der Waals surface area contributed by atoms with Crippen LogP contribution in [0.15, 0.2) is 36.4 Å². The second-order valence-corrected chi connectivity index (χ2v) is 8.78. The van der Waals surface area contributed by atoms with Gasteiger partial charge in [-0.2, -0.15) is 21.6 Å². The normalized spacial score (nSPS) is 12.5. The van der Waals surface area contributed by atoms with Crippen molar-refractivity contribution >= 4 is 42.6 Å². The Bertz CT molecular complexity index is 1500. The monoisotopic (exact) mass is 465 g/mol. The molecular weight excluding hydrogens is 447 g/mol. The first kappa shape index (κ1) is 21.9. The molecule has 4 aromatic rings. The number of halogens is 3. The summed E-state index contributed by atoms with van der Waals surface area (Å²) >= 11 is 0. The van der Waals surface area contributed by atoms with E-state index in [1.54, 1.807) is 43.3 Å². The molecule has 0 radical (unpaired) electrons. The number of pyridine rings is 1. The fourth-order valence-electron chi connectivity index (χ4n) is 3.93. The van der Waals surface area contributed by atoms with Crippen LogP contribution in [0.3, 0.4) is 0 Å². The summed E-state index contributed by atoms with van der Waals surface area (Å²) < 4.78 is 79.0. The average molecular weight is 465 g/mol. The largest absolute Gasteiger partial charge is 0.534 e. The maximum Gasteiger partial charge on any atom is 0.534 e. The molecular formula is C22H18F3NO5S. The van der Waals surface area contributed by atoms with E-state index in [9.17, 15) is 21.6 Å². The van der Waals surface area contributed by atoms with Crippen molar-refractivity contribution in [1.82, 2.24) is 4.98 Å². The van der Waals surface area contributed by atoms with Crippen LogP contribution in [0.4, 0.5) is 13.2 Å². The van der Waals surface area contributed by atoms with Crippen LogP contribution in [0.25, 0.3) is 32.4 Å². The van der Waals surface area contributed by atoms with Crippen molar-refractivity contribution in [3.8, 4) is 17.4 Å². The number of hydrogen-bond donors (Lipinski definition) is 0. The van der Waals surface area contributed by atoms with E-state index in [1.165, 1.54) is 14.2 Å². The van der Waals surface area contributed by atoms with Gasteiger partial charge in [0.15, 0.2) is 0 Å². The molecule has 1 heterocycles. The first-order chi connectivity index (χ1) is 15.0. The standard InChI is InChI=1S/C22H18F3NO5S/c1-11-9-12(2)18-15(10-11)16-17(21(26-18)31-32(27,28)22(23,24)25)20(30-4)14-8-6-5-7-13(14)19(16)29-3/h5-10H,1-4H3. The van der Waals surface area contributed by atoms with Crippen molar-refractivity contribution in [2.24, 2.45) is 0 Å². The Balaban J connectivity index is 2.32. The zero-order chi connectivity index (χ0) is 23.4. The van der Waals surface area contributed by atoms with Gasteiger partial charge in [-0.3, -0.25) is 0 Å². The van der Waals surface area contributed by atoms with Crippen LogP contribution >= 0.6 is 0 Å². The first-order valence-electron chi connectivity index (χ1n) is 9.38. The van der Waals surface area contributed by atoms with Gasteiger partial charge < -0.3 is 13.7 Å². The van der Waals surface area contributed by atoms with Crippen LogP contribution < -0.4 is 13.7 Å². The third-order valence-corrected chi connectivity index (χ3v) is 6.09. The Morgan fingerprint density at radius 2 is 1.44 bits per heavy atom. The fraction of sp³-hybridized carbons (Fsp3) is 0.227. The summed E-state index contributed by atoms with van der Waals surface area (Å²) in [6.45, 7) is 3.59. The van der Waals surface area contributed by atoms with E-state index in [-0.39, 0.29) is 16.7 Å². The topological polar surface area (TPSA) is 74.7 Å². The van der Waals surface area contributed by atoms with Gasteiger partial charge in [0.25, 0.3) is 0 Å². The van der Waals surface area contributed by atoms with Crippen LogP contribution in [-0.2, 0) is 10.1 Å². The summed E-state index contributed by atoms with van der Waals surface area (Å²) in [7, 11) is -3.23. The van der Waals surface area contributed by atoms with Crippen molar-refractivity contribution < 1.29 is 35.2 Å². The molecule has 0 atom stereocenters. The molecule has 0 aliphatic carbocycles. The zero-order valence-corrected chi connectivity index (χ0v) is 18.3. The highest BCUT2D eigenvalue weighted by Crippen LogP contribution is 2.49. The Hall–Kier alpha value is -3.27. The predicted molar refractivity (Wildman–Crippen MR) is 115 cm³/mol. The van der Waals surface area contributed by atoms with Crippen molar-refractivity contribution in [3.63, 3.8) is 0 Å². The van der Waals surface area contributed by atoms with E-state index in [4.69, 9.17) is 9.47 Å². The highest BCUT2D eigenvalue weighted by molar-refractivity contribution is 7.88. The lowest BCUT2D eigenvalue weighted by atomic mass is 9.96. The summed E-state index contributed by atoms with van der Waals surface area (Å²) in [6.07, 6.45) is 0. The molecule has 10 heteroatoms. The van der Waals surface area contributed by atoms with Crippen LogP contribution in [0, 0.1) is 13.8 Å². The smallest absolute Gasteiger partial charge is 0.495 e. The van der Waals surface area contributed by atoms with Crippen LogP contribution in [0.1, 0.15) is 11.1 Å². The van der Waals surface area contributed by atoms with Crippen molar-refractivity contribution in [2.45, 2.75) is 19.4 Å². The van der Waals surface area contributed by atoms with E-state index in [0.717, 1.165) is 5.56 Å². The minimum absolute atomic E-state index is 0.0339. The van der Waals surface area contributed by atoms with Gasteiger partial charge in [-0.15, -0.1) is 0 Å². The first-order valence-corrected chi connectivity index (χ1v) is 10.8. The quantitative estimate of drug-likeness (QED) is 0.174. The lowest BCUT2D eigenvalue weighted by Gasteiger charge is -2.19. The molecule has 168 valence electrons. The molecule has 0 saturated carbocycles. The SMILES string of the molecule is COc1c2ccccc2c(OC)c2c1c(OS(=O)(=O)C(F)(F)F)nc1c(C)cc(C)cc12. The number of benzene rings is 3. The lowest BCUT2D eigenvalue weighted by molar-refractivity contribution is -0.0500. The summed E-state index contributed by atoms with van der Waals surface area (Å²) in [4.78, 5) is 4.20. The van der Waals surface area contributed by atoms with Crippen LogP contribution in [0.5, 0.6) is 17.4 Å². The maximum absolute atomic E-state index is 13.1. The Labute approximate surface area is 181 Å². The molecule has 3 aromatic carbocycles. The Morgan fingerprint density at radius 3 is 1.97 bits per heavy atom. The van der Waals surface area contributed by atoms with E-state index >= 15 is 0 Å². The van der Waals surface area contributed by atoms with Gasteiger partial charge in [0.1, 0.15) is 11.5 Å². The maximum atomic E-state index is 13.1. The second-order valence-electron chi connectivity index (χ2n) is 7.24. The van der Waals surface area contributed by atoms with Crippen molar-refractivity contribution in [3.05, 3.63) is 47.5 Å². The highest BCUT2D eigenvalue weighted by Gasteiger charge is 2.49. The zero-order valence-electron chi connectivity index (χ0n) is 17.5. The Kier molecular flexibility index (Phi) is 5.08. The molecule has 1 aromatic heterocycles. The number of hydrogen-bond acceptors (Lipinski definition) is 6. The molecule has 0 fully saturated rings. The Morgan fingerprint density at radius 1 is 0.875 bits per heavy atom. The minimum Gasteiger partial charge on any atom is -0.495 e. The lowest BCUT2D eigenvalue weighted by Crippen LogP contribution is -2.28. The third-order valence-electron chi connectivity index (χ3n) is 5.14. The van der Waals surface area contributed by atoms with Crippen molar-refractivity contribution in [1.29, 1.82) is 0 Å². The molecule has 0 amide bonds. The van der Waals surface area contributed by atoms with Crippen LogP contribution in [-0.4, -0.2) is 33.1 Å². The number of methoxy groups -OCH3 is 2. The molecule has 0 N–H and O–H groups in total. The van der Waals surface area contributed by atoms with Crippen molar-refractivity contribution in [2.75, 3.05) is 14.2 Å². The number of nitrogens with zero attached hydrogens (tertiary/aromatic N) is 1. The number of rotatable bonds is 4. The number of ether oxygens (including phenoxy) is 2. The molecule has 0 bridgehead atoms. The van der Waals surface area contributed by atoms with Crippen LogP contribution in [0.2, 0.25) is 0 Å². The average Bonchev–Trinajstić information content (AvgIpc) is 2.71. The highest BCUT2D eigenvalue weighted by atomic mass is 32.2. The van der Waals surface area contributed by atoms with Gasteiger partial charge >= 0.3 is 15.6 Å². The fourth-order valence-corrected chi connectivity index (χ4v) is 4.35. The summed E-state index contributed by atoms with van der Waals surface area (Å²) in [5.74, 6) is -0.280. The molecule has 4 rings (SSSR count). The van der Waals surface area contributed by atoms with Gasteiger partial charge in [0.05, 0.1) is 25.1 Å². The van der Waals surface area contributed by atoms with E-state index in [0.29, 0.717) is 32.9 Å². The minimum atomic E-state index is -5.99. The second kappa shape index (κ2) is 7.40. The van der Waals surface area contributed by atoms with E-state index in [1.807, 2.05) is 6.92 Å². The molecule has 0 spiro atoms. The van der Waals surface area contributed by atoms with Gasteiger partial charge in [0.2, 0.25) is 5.88 Å². The molecule has 0 unspecified atom stereocenters. The van der Waals surface area contributed by atoms with E-state index < -0.39 is 21.5 Å². The van der Waals surface area contributed by atoms with Gasteiger partial charge in [0, 0.05) is 21.5 Å². The number of fused-ring (bicyclic) bond motifs is 4. The number of aryl methyl sites for hydroxylation is 2. The van der Waals surface area contributed by atoms with Gasteiger partial charge in [-0.05, 0) is 25.5 Å². The molecule has 6 nitrogen and oxygen atoms in total. The summed E-state index contributed by atoms with van der Waals surface area (Å²) in [5.41, 5.74) is -3.84.